The second kappa shape index (κ2) is 11.4. The maximum Gasteiger partial charge on any atom is 0.417 e. The molecule has 0 spiro atoms. The second-order valence-electron chi connectivity index (χ2n) is 6.97. The van der Waals surface area contributed by atoms with E-state index in [2.05, 4.69) is 22.6 Å². The van der Waals surface area contributed by atoms with Crippen LogP contribution in [-0.2, 0) is 12.8 Å². The molecule has 0 amide bonds. The summed E-state index contributed by atoms with van der Waals surface area (Å²) in [6.45, 7) is 0.489. The van der Waals surface area contributed by atoms with Gasteiger partial charge in [0.1, 0.15) is 29.6 Å². The van der Waals surface area contributed by atoms with Crippen LogP contribution in [0.1, 0.15) is 11.1 Å². The van der Waals surface area contributed by atoms with Crippen LogP contribution in [0.3, 0.4) is 0 Å². The Morgan fingerprint density at radius 3 is 2.03 bits per heavy atom. The Balaban J connectivity index is 0.000000248. The smallest absolute Gasteiger partial charge is 0.417 e. The number of nitrogens with two attached hydrogens (primary N) is 1. The summed E-state index contributed by atoms with van der Waals surface area (Å²) >= 11 is 3.67. The van der Waals surface area contributed by atoms with E-state index >= 15 is 0 Å². The van der Waals surface area contributed by atoms with Crippen molar-refractivity contribution in [1.82, 2.24) is 9.97 Å². The fraction of sp³-hybridized carbons (Fsp3) is 0.120. The van der Waals surface area contributed by atoms with Crippen molar-refractivity contribution < 1.29 is 22.6 Å². The molecule has 0 radical (unpaired) electrons. The lowest BCUT2D eigenvalue weighted by atomic mass is 10.1. The molecule has 0 aliphatic carbocycles. The second-order valence-corrected chi connectivity index (χ2v) is 7.45. The first-order chi connectivity index (χ1) is 16.3. The van der Waals surface area contributed by atoms with Gasteiger partial charge in [0.05, 0.1) is 12.7 Å². The highest BCUT2D eigenvalue weighted by molar-refractivity contribution is 7.80. The summed E-state index contributed by atoms with van der Waals surface area (Å²) < 4.78 is 46.9. The predicted molar refractivity (Wildman–Crippen MR) is 128 cm³/mol. The molecule has 2 N–H and O–H groups in total. The number of hydrogen-bond acceptors (Lipinski definition) is 6. The number of rotatable bonds is 5. The van der Waals surface area contributed by atoms with Crippen LogP contribution in [0.15, 0.2) is 90.1 Å². The molecule has 1 aromatic heterocycles. The number of thiol groups is 1. The third-order valence-corrected chi connectivity index (χ3v) is 5.02. The summed E-state index contributed by atoms with van der Waals surface area (Å²) in [6, 6.07) is 20.6. The van der Waals surface area contributed by atoms with Gasteiger partial charge in [0, 0.05) is 22.9 Å². The highest BCUT2D eigenvalue weighted by Crippen LogP contribution is 2.33. The molecule has 34 heavy (non-hydrogen) atoms. The van der Waals surface area contributed by atoms with Crippen molar-refractivity contribution in [1.29, 1.82) is 0 Å². The van der Waals surface area contributed by atoms with Gasteiger partial charge in [-0.05, 0) is 42.0 Å². The summed E-state index contributed by atoms with van der Waals surface area (Å²) in [7, 11) is 1.64. The van der Waals surface area contributed by atoms with Crippen LogP contribution < -0.4 is 15.2 Å². The third kappa shape index (κ3) is 6.89. The van der Waals surface area contributed by atoms with E-state index in [0.29, 0.717) is 18.1 Å². The average Bonchev–Trinajstić information content (AvgIpc) is 2.84. The van der Waals surface area contributed by atoms with Crippen LogP contribution in [0.25, 0.3) is 11.3 Å². The Morgan fingerprint density at radius 2 is 1.47 bits per heavy atom. The standard InChI is InChI=1S/C18H17N3O2.C7H5F3S/c1-22-15-6-8-16(9-7-15)23-12-13-2-4-14(5-3-13)17-18(19)21-11-10-20-17;8-7(9,10)5-3-1-2-4-6(5)11/h2-11H,12H2,1H3,(H2,19,21);1-4,11H. The fourth-order valence-corrected chi connectivity index (χ4v) is 3.17. The summed E-state index contributed by atoms with van der Waals surface area (Å²) in [5.74, 6) is 2.03. The van der Waals surface area contributed by atoms with E-state index in [9.17, 15) is 13.2 Å². The highest BCUT2D eigenvalue weighted by Gasteiger charge is 2.31. The van der Waals surface area contributed by atoms with Crippen LogP contribution in [0.2, 0.25) is 0 Å². The largest absolute Gasteiger partial charge is 0.497 e. The number of hydrogen-bond donors (Lipinski definition) is 2. The van der Waals surface area contributed by atoms with Crippen molar-refractivity contribution in [3.63, 3.8) is 0 Å². The van der Waals surface area contributed by atoms with Crippen LogP contribution in [0.4, 0.5) is 19.0 Å². The van der Waals surface area contributed by atoms with Crippen molar-refractivity contribution in [2.45, 2.75) is 17.7 Å². The molecule has 0 fully saturated rings. The molecular formula is C25H22F3N3O2S. The number of anilines is 1. The molecule has 4 rings (SSSR count). The van der Waals surface area contributed by atoms with E-state index in [1.54, 1.807) is 19.5 Å². The number of methoxy groups -OCH3 is 1. The highest BCUT2D eigenvalue weighted by atomic mass is 32.1. The predicted octanol–water partition coefficient (Wildman–Crippen LogP) is 6.31. The molecule has 0 aliphatic rings. The monoisotopic (exact) mass is 485 g/mol. The molecule has 0 bridgehead atoms. The van der Waals surface area contributed by atoms with Gasteiger partial charge in [-0.15, -0.1) is 12.6 Å². The number of nitrogen functional groups attached to an aromatic ring is 1. The topological polar surface area (TPSA) is 70.3 Å². The normalized spacial score (nSPS) is 10.7. The number of ether oxygens (including phenoxy) is 2. The Kier molecular flexibility index (Phi) is 8.37. The minimum absolute atomic E-state index is 0.0417. The molecule has 0 unspecified atom stereocenters. The number of halogens is 3. The van der Waals surface area contributed by atoms with Gasteiger partial charge in [-0.3, -0.25) is 4.98 Å². The summed E-state index contributed by atoms with van der Waals surface area (Å²) in [5.41, 5.74) is 7.84. The van der Waals surface area contributed by atoms with Gasteiger partial charge in [-0.2, -0.15) is 13.2 Å². The SMILES string of the molecule is COc1ccc(OCc2ccc(-c3nccnc3N)cc2)cc1.FC(F)(F)c1ccccc1S. The zero-order valence-corrected chi connectivity index (χ0v) is 19.1. The lowest BCUT2D eigenvalue weighted by Gasteiger charge is -2.08. The average molecular weight is 486 g/mol. The minimum atomic E-state index is -4.29. The first kappa shape index (κ1) is 24.9. The van der Waals surface area contributed by atoms with Gasteiger partial charge >= 0.3 is 6.18 Å². The third-order valence-electron chi connectivity index (χ3n) is 4.63. The fourth-order valence-electron chi connectivity index (χ4n) is 2.88. The van der Waals surface area contributed by atoms with Crippen molar-refractivity contribution in [2.24, 2.45) is 0 Å². The van der Waals surface area contributed by atoms with Gasteiger partial charge in [0.2, 0.25) is 0 Å². The Bertz CT molecular complexity index is 1200. The van der Waals surface area contributed by atoms with E-state index in [-0.39, 0.29) is 4.90 Å². The van der Waals surface area contributed by atoms with Crippen molar-refractivity contribution in [2.75, 3.05) is 12.8 Å². The Morgan fingerprint density at radius 1 is 0.853 bits per heavy atom. The van der Waals surface area contributed by atoms with Crippen LogP contribution >= 0.6 is 12.6 Å². The lowest BCUT2D eigenvalue weighted by Crippen LogP contribution is -2.05. The van der Waals surface area contributed by atoms with Gasteiger partial charge in [-0.1, -0.05) is 36.4 Å². The first-order valence-corrected chi connectivity index (χ1v) is 10.5. The van der Waals surface area contributed by atoms with E-state index < -0.39 is 11.7 Å². The van der Waals surface area contributed by atoms with Crippen molar-refractivity contribution in [3.8, 4) is 22.8 Å². The molecule has 0 saturated carbocycles. The van der Waals surface area contributed by atoms with Crippen molar-refractivity contribution in [3.05, 3.63) is 96.3 Å². The van der Waals surface area contributed by atoms with Gasteiger partial charge in [-0.25, -0.2) is 4.98 Å². The van der Waals surface area contributed by atoms with Crippen LogP contribution in [-0.4, -0.2) is 17.1 Å². The number of nitrogens with zero attached hydrogens (tertiary/aromatic N) is 2. The van der Waals surface area contributed by atoms with Crippen molar-refractivity contribution >= 4 is 18.4 Å². The molecule has 0 atom stereocenters. The van der Waals surface area contributed by atoms with Gasteiger partial charge in [0.25, 0.3) is 0 Å². The van der Waals surface area contributed by atoms with Crippen LogP contribution in [0.5, 0.6) is 11.5 Å². The summed E-state index contributed by atoms with van der Waals surface area (Å²) in [4.78, 5) is 8.26. The lowest BCUT2D eigenvalue weighted by molar-refractivity contribution is -0.139. The van der Waals surface area contributed by atoms with E-state index in [1.807, 2.05) is 48.5 Å². The molecule has 1 heterocycles. The van der Waals surface area contributed by atoms with E-state index in [0.717, 1.165) is 28.7 Å². The van der Waals surface area contributed by atoms with Crippen LogP contribution in [0, 0.1) is 0 Å². The number of alkyl halides is 3. The summed E-state index contributed by atoms with van der Waals surface area (Å²) in [6.07, 6.45) is -1.08. The Hall–Kier alpha value is -3.72. The van der Waals surface area contributed by atoms with Gasteiger partial charge in [0.15, 0.2) is 0 Å². The molecule has 9 heteroatoms. The molecule has 5 nitrogen and oxygen atoms in total. The quantitative estimate of drug-likeness (QED) is 0.324. The van der Waals surface area contributed by atoms with E-state index in [4.69, 9.17) is 15.2 Å². The number of aromatic nitrogens is 2. The molecule has 0 aliphatic heterocycles. The minimum Gasteiger partial charge on any atom is -0.497 e. The molecular weight excluding hydrogens is 463 g/mol. The zero-order chi connectivity index (χ0) is 24.6. The number of benzene rings is 3. The maximum atomic E-state index is 12.0. The van der Waals surface area contributed by atoms with Gasteiger partial charge < -0.3 is 15.2 Å². The summed E-state index contributed by atoms with van der Waals surface area (Å²) in [5, 5.41) is 0. The molecule has 0 saturated heterocycles. The Labute approximate surface area is 200 Å². The zero-order valence-electron chi connectivity index (χ0n) is 18.2. The molecule has 3 aromatic carbocycles. The molecule has 176 valence electrons. The maximum absolute atomic E-state index is 12.0. The molecule has 4 aromatic rings. The first-order valence-electron chi connectivity index (χ1n) is 10.1. The van der Waals surface area contributed by atoms with E-state index in [1.165, 1.54) is 18.2 Å².